The average molecular weight is 248 g/mol. The average Bonchev–Trinajstić information content (AvgIpc) is 2.87. The molecule has 0 spiro atoms. The van der Waals surface area contributed by atoms with E-state index in [-0.39, 0.29) is 0 Å². The number of rotatable bonds is 4. The van der Waals surface area contributed by atoms with Gasteiger partial charge < -0.3 is 9.47 Å². The highest BCUT2D eigenvalue weighted by molar-refractivity contribution is 5.39. The van der Waals surface area contributed by atoms with Crippen LogP contribution in [0.2, 0.25) is 0 Å². The van der Waals surface area contributed by atoms with Gasteiger partial charge in [-0.25, -0.2) is 5.01 Å². The van der Waals surface area contributed by atoms with Gasteiger partial charge in [0.2, 0.25) is 0 Å². The molecule has 2 aliphatic heterocycles. The van der Waals surface area contributed by atoms with Gasteiger partial charge in [-0.15, -0.1) is 0 Å². The number of ether oxygens (including phenoxy) is 2. The number of hydrazine groups is 1. The first-order chi connectivity index (χ1) is 8.92. The molecule has 3 rings (SSSR count). The van der Waals surface area contributed by atoms with E-state index in [0.717, 1.165) is 58.0 Å². The van der Waals surface area contributed by atoms with Crippen LogP contribution in [-0.2, 0) is 17.6 Å². The van der Waals surface area contributed by atoms with Gasteiger partial charge in [0.25, 0.3) is 0 Å². The highest BCUT2D eigenvalue weighted by Gasteiger charge is 2.12. The van der Waals surface area contributed by atoms with Crippen molar-refractivity contribution in [3.63, 3.8) is 0 Å². The van der Waals surface area contributed by atoms with Crippen LogP contribution in [0, 0.1) is 0 Å². The molecule has 1 aromatic carbocycles. The van der Waals surface area contributed by atoms with E-state index in [9.17, 15) is 0 Å². The van der Waals surface area contributed by atoms with Crippen LogP contribution in [0.3, 0.4) is 0 Å². The quantitative estimate of drug-likeness (QED) is 0.862. The molecule has 0 bridgehead atoms. The van der Waals surface area contributed by atoms with Crippen LogP contribution in [0.5, 0.6) is 5.75 Å². The highest BCUT2D eigenvalue weighted by atomic mass is 16.5. The van der Waals surface area contributed by atoms with Crippen molar-refractivity contribution in [1.82, 2.24) is 10.4 Å². The van der Waals surface area contributed by atoms with E-state index in [2.05, 4.69) is 28.6 Å². The molecule has 0 amide bonds. The van der Waals surface area contributed by atoms with Crippen molar-refractivity contribution < 1.29 is 9.47 Å². The van der Waals surface area contributed by atoms with Gasteiger partial charge in [-0.2, -0.15) is 0 Å². The molecule has 2 heterocycles. The van der Waals surface area contributed by atoms with Crippen molar-refractivity contribution in [2.45, 2.75) is 12.8 Å². The third-order valence-electron chi connectivity index (χ3n) is 3.51. The molecular weight excluding hydrogens is 228 g/mol. The first-order valence-electron chi connectivity index (χ1n) is 6.72. The van der Waals surface area contributed by atoms with E-state index < -0.39 is 0 Å². The molecule has 2 aliphatic rings. The first kappa shape index (κ1) is 12.0. The Kier molecular flexibility index (Phi) is 3.78. The van der Waals surface area contributed by atoms with Crippen LogP contribution >= 0.6 is 0 Å². The van der Waals surface area contributed by atoms with Crippen molar-refractivity contribution in [2.75, 3.05) is 39.5 Å². The lowest BCUT2D eigenvalue weighted by Crippen LogP contribution is -2.46. The summed E-state index contributed by atoms with van der Waals surface area (Å²) in [6.07, 6.45) is 2.12. The molecule has 1 aromatic rings. The Morgan fingerprint density at radius 2 is 2.06 bits per heavy atom. The molecular formula is C14H20N2O2. The summed E-state index contributed by atoms with van der Waals surface area (Å²) in [4.78, 5) is 0. The molecule has 98 valence electrons. The van der Waals surface area contributed by atoms with Crippen molar-refractivity contribution in [3.8, 4) is 5.75 Å². The zero-order chi connectivity index (χ0) is 12.2. The third kappa shape index (κ3) is 2.83. The molecule has 4 heteroatoms. The van der Waals surface area contributed by atoms with E-state index in [4.69, 9.17) is 9.47 Å². The number of benzene rings is 1. The van der Waals surface area contributed by atoms with Gasteiger partial charge >= 0.3 is 0 Å². The van der Waals surface area contributed by atoms with Gasteiger partial charge in [0, 0.05) is 26.1 Å². The molecule has 0 unspecified atom stereocenters. The van der Waals surface area contributed by atoms with Crippen LogP contribution in [0.4, 0.5) is 0 Å². The Hall–Kier alpha value is -1.10. The molecule has 1 saturated heterocycles. The minimum Gasteiger partial charge on any atom is -0.493 e. The number of fused-ring (bicyclic) bond motifs is 1. The lowest BCUT2D eigenvalue weighted by atomic mass is 10.1. The summed E-state index contributed by atoms with van der Waals surface area (Å²) in [7, 11) is 0. The second kappa shape index (κ2) is 5.69. The number of nitrogens with one attached hydrogen (secondary N) is 1. The minimum absolute atomic E-state index is 0.836. The number of hydrogen-bond donors (Lipinski definition) is 1. The predicted octanol–water partition coefficient (Wildman–Crippen LogP) is 1.00. The largest absolute Gasteiger partial charge is 0.493 e. The van der Waals surface area contributed by atoms with Gasteiger partial charge in [-0.1, -0.05) is 12.1 Å². The van der Waals surface area contributed by atoms with Gasteiger partial charge in [0.05, 0.1) is 19.8 Å². The topological polar surface area (TPSA) is 33.7 Å². The minimum atomic E-state index is 0.836. The maximum atomic E-state index is 5.52. The molecule has 4 nitrogen and oxygen atoms in total. The van der Waals surface area contributed by atoms with E-state index in [1.165, 1.54) is 11.1 Å². The van der Waals surface area contributed by atoms with Gasteiger partial charge in [0.1, 0.15) is 5.75 Å². The second-order valence-corrected chi connectivity index (χ2v) is 4.80. The van der Waals surface area contributed by atoms with Crippen LogP contribution in [0.1, 0.15) is 11.1 Å². The number of nitrogens with zero attached hydrogens (tertiary/aromatic N) is 1. The molecule has 1 N–H and O–H groups in total. The summed E-state index contributed by atoms with van der Waals surface area (Å²) in [6, 6.07) is 6.56. The Labute approximate surface area is 108 Å². The van der Waals surface area contributed by atoms with E-state index in [0.29, 0.717) is 0 Å². The SMILES string of the molecule is c1cc2c(cc1CCNN1CCOCC1)CCO2. The summed E-state index contributed by atoms with van der Waals surface area (Å²) in [5.74, 6) is 1.07. The lowest BCUT2D eigenvalue weighted by molar-refractivity contribution is 0.0123. The van der Waals surface area contributed by atoms with Crippen molar-refractivity contribution in [1.29, 1.82) is 0 Å². The third-order valence-corrected chi connectivity index (χ3v) is 3.51. The van der Waals surface area contributed by atoms with Gasteiger partial charge in [0.15, 0.2) is 0 Å². The zero-order valence-electron chi connectivity index (χ0n) is 10.7. The zero-order valence-corrected chi connectivity index (χ0v) is 10.7. The normalized spacial score (nSPS) is 19.6. The van der Waals surface area contributed by atoms with Gasteiger partial charge in [-0.05, 0) is 23.6 Å². The van der Waals surface area contributed by atoms with Crippen LogP contribution in [0.15, 0.2) is 18.2 Å². The smallest absolute Gasteiger partial charge is 0.122 e. The second-order valence-electron chi connectivity index (χ2n) is 4.80. The standard InChI is InChI=1S/C14H20N2O2/c1-2-14-13(4-8-18-14)11-12(1)3-5-15-16-6-9-17-10-7-16/h1-2,11,15H,3-10H2. The molecule has 0 saturated carbocycles. The summed E-state index contributed by atoms with van der Waals surface area (Å²) in [5, 5.41) is 2.25. The lowest BCUT2D eigenvalue weighted by Gasteiger charge is -2.27. The fourth-order valence-electron chi connectivity index (χ4n) is 2.48. The molecule has 1 fully saturated rings. The molecule has 18 heavy (non-hydrogen) atoms. The maximum Gasteiger partial charge on any atom is 0.122 e. The Morgan fingerprint density at radius 3 is 2.94 bits per heavy atom. The molecule has 0 aliphatic carbocycles. The fourth-order valence-corrected chi connectivity index (χ4v) is 2.48. The fraction of sp³-hybridized carbons (Fsp3) is 0.571. The van der Waals surface area contributed by atoms with Crippen molar-refractivity contribution in [3.05, 3.63) is 29.3 Å². The summed E-state index contributed by atoms with van der Waals surface area (Å²) in [5.41, 5.74) is 6.21. The number of hydrogen-bond acceptors (Lipinski definition) is 4. The Bertz CT molecular complexity index is 403. The summed E-state index contributed by atoms with van der Waals surface area (Å²) in [6.45, 7) is 5.47. The summed E-state index contributed by atoms with van der Waals surface area (Å²) < 4.78 is 10.8. The number of morpholine rings is 1. The molecule has 0 aromatic heterocycles. The van der Waals surface area contributed by atoms with Crippen molar-refractivity contribution in [2.24, 2.45) is 0 Å². The molecule has 0 atom stereocenters. The Balaban J connectivity index is 1.48. The van der Waals surface area contributed by atoms with E-state index >= 15 is 0 Å². The van der Waals surface area contributed by atoms with Crippen LogP contribution in [-0.4, -0.2) is 44.5 Å². The molecule has 0 radical (unpaired) electrons. The predicted molar refractivity (Wildman–Crippen MR) is 69.7 cm³/mol. The van der Waals surface area contributed by atoms with Crippen molar-refractivity contribution >= 4 is 0 Å². The maximum absolute atomic E-state index is 5.52. The van der Waals surface area contributed by atoms with E-state index in [1.807, 2.05) is 0 Å². The monoisotopic (exact) mass is 248 g/mol. The highest BCUT2D eigenvalue weighted by Crippen LogP contribution is 2.25. The van der Waals surface area contributed by atoms with Crippen LogP contribution < -0.4 is 10.2 Å². The first-order valence-corrected chi connectivity index (χ1v) is 6.72. The van der Waals surface area contributed by atoms with Crippen LogP contribution in [0.25, 0.3) is 0 Å². The van der Waals surface area contributed by atoms with E-state index in [1.54, 1.807) is 0 Å². The van der Waals surface area contributed by atoms with Gasteiger partial charge in [-0.3, -0.25) is 5.43 Å². The Morgan fingerprint density at radius 1 is 1.17 bits per heavy atom. The summed E-state index contributed by atoms with van der Waals surface area (Å²) >= 11 is 0.